The smallest absolute Gasteiger partial charge is 0.405 e. The van der Waals surface area contributed by atoms with Crippen molar-refractivity contribution in [3.05, 3.63) is 27.3 Å². The first-order valence-corrected chi connectivity index (χ1v) is 6.68. The van der Waals surface area contributed by atoms with Gasteiger partial charge in [0.25, 0.3) is 5.91 Å². The van der Waals surface area contributed by atoms with Crippen LogP contribution in [0.25, 0.3) is 0 Å². The summed E-state index contributed by atoms with van der Waals surface area (Å²) in [5, 5.41) is 1.89. The third-order valence-electron chi connectivity index (χ3n) is 1.80. The molecule has 0 spiro atoms. The van der Waals surface area contributed by atoms with Crippen LogP contribution in [0.5, 0.6) is 5.75 Å². The standard InChI is InChI=1S/C10H7F3INO4/c1-5(16)15-9(17)6-3-2-4-7(8(6)14-18)19-10(11,12)13/h2-4H,1H3,(H,15,16,17). The summed E-state index contributed by atoms with van der Waals surface area (Å²) in [6.45, 7) is 1.07. The molecule has 1 N–H and O–H groups in total. The number of hydrogen-bond donors (Lipinski definition) is 1. The van der Waals surface area contributed by atoms with Crippen LogP contribution >= 0.6 is 21.2 Å². The van der Waals surface area contributed by atoms with E-state index in [0.29, 0.717) is 0 Å². The highest BCUT2D eigenvalue weighted by atomic mass is 127. The van der Waals surface area contributed by atoms with Crippen molar-refractivity contribution in [2.45, 2.75) is 13.3 Å². The second kappa shape index (κ2) is 6.08. The zero-order valence-electron chi connectivity index (χ0n) is 9.38. The zero-order valence-corrected chi connectivity index (χ0v) is 11.5. The van der Waals surface area contributed by atoms with Gasteiger partial charge in [0.05, 0.1) is 5.56 Å². The van der Waals surface area contributed by atoms with Gasteiger partial charge in [-0.25, -0.2) is 0 Å². The van der Waals surface area contributed by atoms with Crippen LogP contribution in [0, 0.1) is 3.57 Å². The third-order valence-corrected chi connectivity index (χ3v) is 3.35. The summed E-state index contributed by atoms with van der Waals surface area (Å²) in [7, 11) is 0. The molecule has 0 aliphatic carbocycles. The minimum atomic E-state index is -4.96. The van der Waals surface area contributed by atoms with Crippen LogP contribution in [-0.4, -0.2) is 18.2 Å². The molecule has 5 nitrogen and oxygen atoms in total. The lowest BCUT2D eigenvalue weighted by atomic mass is 10.2. The number of ether oxygens (including phenoxy) is 1. The van der Waals surface area contributed by atoms with Crippen molar-refractivity contribution in [3.63, 3.8) is 0 Å². The van der Waals surface area contributed by atoms with Crippen LogP contribution in [-0.2, 0) is 7.86 Å². The highest BCUT2D eigenvalue weighted by Crippen LogP contribution is 2.31. The van der Waals surface area contributed by atoms with E-state index in [2.05, 4.69) is 4.74 Å². The van der Waals surface area contributed by atoms with Crippen LogP contribution < -0.4 is 10.1 Å². The van der Waals surface area contributed by atoms with Crippen LogP contribution in [0.3, 0.4) is 0 Å². The number of benzene rings is 1. The average Bonchev–Trinajstić information content (AvgIpc) is 2.25. The van der Waals surface area contributed by atoms with Crippen molar-refractivity contribution in [1.29, 1.82) is 0 Å². The molecule has 104 valence electrons. The number of amides is 2. The average molecular weight is 389 g/mol. The molecule has 1 aromatic carbocycles. The van der Waals surface area contributed by atoms with Gasteiger partial charge in [-0.1, -0.05) is 6.07 Å². The van der Waals surface area contributed by atoms with Crippen molar-refractivity contribution in [1.82, 2.24) is 5.32 Å². The monoisotopic (exact) mass is 389 g/mol. The first-order chi connectivity index (χ1) is 8.74. The highest BCUT2D eigenvalue weighted by Gasteiger charge is 2.33. The van der Waals surface area contributed by atoms with Gasteiger partial charge in [0.1, 0.15) is 9.32 Å². The predicted octanol–water partition coefficient (Wildman–Crippen LogP) is 2.35. The normalized spacial score (nSPS) is 10.9. The molecule has 19 heavy (non-hydrogen) atoms. The molecule has 0 aromatic heterocycles. The van der Waals surface area contributed by atoms with Gasteiger partial charge in [0.2, 0.25) is 5.91 Å². The number of rotatable bonds is 3. The Labute approximate surface area is 115 Å². The van der Waals surface area contributed by atoms with Crippen molar-refractivity contribution in [2.24, 2.45) is 0 Å². The quantitative estimate of drug-likeness (QED) is 0.806. The molecule has 0 heterocycles. The molecule has 0 fully saturated rings. The van der Waals surface area contributed by atoms with E-state index in [1.165, 1.54) is 0 Å². The molecule has 0 aliphatic rings. The van der Waals surface area contributed by atoms with Crippen LogP contribution in [0.15, 0.2) is 18.2 Å². The Morgan fingerprint density at radius 2 is 1.95 bits per heavy atom. The lowest BCUT2D eigenvalue weighted by molar-refractivity contribution is -0.275. The van der Waals surface area contributed by atoms with E-state index in [1.807, 2.05) is 5.32 Å². The molecule has 0 atom stereocenters. The van der Waals surface area contributed by atoms with E-state index in [4.69, 9.17) is 0 Å². The maximum absolute atomic E-state index is 12.1. The molecule has 0 aliphatic heterocycles. The number of carbonyl (C=O) groups excluding carboxylic acids is 2. The van der Waals surface area contributed by atoms with Gasteiger partial charge >= 0.3 is 6.36 Å². The summed E-state index contributed by atoms with van der Waals surface area (Å²) in [6, 6.07) is 3.25. The van der Waals surface area contributed by atoms with Gasteiger partial charge in [0.15, 0.2) is 21.2 Å². The summed E-state index contributed by atoms with van der Waals surface area (Å²) >= 11 is -2.10. The summed E-state index contributed by atoms with van der Waals surface area (Å²) in [5.74, 6) is -2.31. The van der Waals surface area contributed by atoms with E-state index >= 15 is 0 Å². The molecule has 2 amide bonds. The third kappa shape index (κ3) is 4.58. The van der Waals surface area contributed by atoms with Crippen molar-refractivity contribution < 1.29 is 30.6 Å². The number of alkyl halides is 3. The molecule has 0 saturated heterocycles. The van der Waals surface area contributed by atoms with Crippen LogP contribution in [0.2, 0.25) is 0 Å². The van der Waals surface area contributed by atoms with Crippen molar-refractivity contribution >= 4 is 33.0 Å². The molecule has 0 saturated carbocycles. The topological polar surface area (TPSA) is 72.5 Å². The van der Waals surface area contributed by atoms with E-state index in [9.17, 15) is 25.8 Å². The maximum Gasteiger partial charge on any atom is 0.573 e. The van der Waals surface area contributed by atoms with Gasteiger partial charge in [0, 0.05) is 6.92 Å². The SMILES string of the molecule is CC(=O)NC(=O)c1cccc(OC(F)(F)F)c1I=O. The molecule has 1 rings (SSSR count). The molecular formula is C10H7F3INO4. The first kappa shape index (κ1) is 15.5. The number of imide groups is 1. The Balaban J connectivity index is 3.20. The minimum absolute atomic E-state index is 0.278. The predicted molar refractivity (Wildman–Crippen MR) is 64.7 cm³/mol. The molecule has 9 heteroatoms. The molecule has 0 unspecified atom stereocenters. The minimum Gasteiger partial charge on any atom is -0.405 e. The van der Waals surface area contributed by atoms with E-state index in [-0.39, 0.29) is 9.13 Å². The lowest BCUT2D eigenvalue weighted by Gasteiger charge is -2.12. The first-order valence-electron chi connectivity index (χ1n) is 4.72. The summed E-state index contributed by atoms with van der Waals surface area (Å²) in [4.78, 5) is 22.3. The summed E-state index contributed by atoms with van der Waals surface area (Å²) in [6.07, 6.45) is -4.96. The highest BCUT2D eigenvalue weighted by molar-refractivity contribution is 14.1. The zero-order chi connectivity index (χ0) is 14.6. The Hall–Kier alpha value is -1.52. The van der Waals surface area contributed by atoms with E-state index in [0.717, 1.165) is 25.1 Å². The van der Waals surface area contributed by atoms with E-state index < -0.39 is 45.1 Å². The Bertz CT molecular complexity index is 530. The number of hydrogen-bond acceptors (Lipinski definition) is 4. The largest absolute Gasteiger partial charge is 0.573 e. The van der Waals surface area contributed by atoms with Gasteiger partial charge in [-0.2, -0.15) is 0 Å². The van der Waals surface area contributed by atoms with Gasteiger partial charge < -0.3 is 4.74 Å². The van der Waals surface area contributed by atoms with Crippen LogP contribution in [0.4, 0.5) is 13.2 Å². The molecule has 1 aromatic rings. The fourth-order valence-electron chi connectivity index (χ4n) is 1.20. The lowest BCUT2D eigenvalue weighted by Crippen LogP contribution is -2.29. The number of carbonyl (C=O) groups is 2. The molecular weight excluding hydrogens is 382 g/mol. The van der Waals surface area contributed by atoms with Crippen molar-refractivity contribution in [3.8, 4) is 5.75 Å². The summed E-state index contributed by atoms with van der Waals surface area (Å²) in [5.41, 5.74) is -0.278. The Morgan fingerprint density at radius 1 is 1.32 bits per heavy atom. The molecule has 0 radical (unpaired) electrons. The fraction of sp³-hybridized carbons (Fsp3) is 0.200. The Morgan fingerprint density at radius 3 is 2.42 bits per heavy atom. The summed E-state index contributed by atoms with van der Waals surface area (Å²) < 4.78 is 50.8. The van der Waals surface area contributed by atoms with Crippen LogP contribution in [0.1, 0.15) is 17.3 Å². The van der Waals surface area contributed by atoms with Gasteiger partial charge in [-0.15, -0.1) is 13.2 Å². The maximum atomic E-state index is 12.1. The van der Waals surface area contributed by atoms with E-state index in [1.54, 1.807) is 0 Å². The second-order valence-corrected chi connectivity index (χ2v) is 4.77. The van der Waals surface area contributed by atoms with Crippen molar-refractivity contribution in [2.75, 3.05) is 0 Å². The second-order valence-electron chi connectivity index (χ2n) is 3.25. The number of nitrogens with one attached hydrogen (secondary N) is 1. The Kier molecular flexibility index (Phi) is 4.97. The molecule has 0 bridgehead atoms. The number of halogens is 4. The van der Waals surface area contributed by atoms with Gasteiger partial charge in [-0.3, -0.25) is 18.0 Å². The fourth-order valence-corrected chi connectivity index (χ4v) is 2.37. The van der Waals surface area contributed by atoms with Gasteiger partial charge in [-0.05, 0) is 12.1 Å².